The third kappa shape index (κ3) is 4.20. The van der Waals surface area contributed by atoms with Crippen LogP contribution < -0.4 is 14.8 Å². The molecular formula is C18H14BrNO7. The number of carbonyl (C=O) groups excluding carboxylic acids is 3. The Balaban J connectivity index is 1.68. The van der Waals surface area contributed by atoms with Crippen molar-refractivity contribution in [3.8, 4) is 17.2 Å². The fourth-order valence-electron chi connectivity index (χ4n) is 2.40. The molecule has 0 saturated carbocycles. The van der Waals surface area contributed by atoms with Gasteiger partial charge < -0.3 is 24.6 Å². The van der Waals surface area contributed by atoms with Crippen molar-refractivity contribution in [1.82, 2.24) is 0 Å². The summed E-state index contributed by atoms with van der Waals surface area (Å²) in [6.45, 7) is 0.775. The van der Waals surface area contributed by atoms with Gasteiger partial charge in [0.15, 0.2) is 23.9 Å². The van der Waals surface area contributed by atoms with E-state index in [4.69, 9.17) is 14.2 Å². The first-order chi connectivity index (χ1) is 12.8. The SMILES string of the molecule is CC(=O)c1cc2c(cc1NC(=O)COC(=O)c1cc(Br)ccc1O)OCO2. The van der Waals surface area contributed by atoms with Crippen LogP contribution in [0.4, 0.5) is 5.69 Å². The van der Waals surface area contributed by atoms with Crippen molar-refractivity contribution in [3.63, 3.8) is 0 Å². The van der Waals surface area contributed by atoms with Crippen molar-refractivity contribution in [1.29, 1.82) is 0 Å². The number of Topliss-reactive ketones (excluding diaryl/α,β-unsaturated/α-hetero) is 1. The molecular weight excluding hydrogens is 422 g/mol. The Bertz CT molecular complexity index is 942. The summed E-state index contributed by atoms with van der Waals surface area (Å²) in [7, 11) is 0. The largest absolute Gasteiger partial charge is 0.507 e. The van der Waals surface area contributed by atoms with Crippen LogP contribution in [0.1, 0.15) is 27.6 Å². The summed E-state index contributed by atoms with van der Waals surface area (Å²) in [6, 6.07) is 7.21. The van der Waals surface area contributed by atoms with E-state index in [1.165, 1.54) is 31.2 Å². The number of hydrogen-bond donors (Lipinski definition) is 2. The zero-order valence-electron chi connectivity index (χ0n) is 14.1. The number of hydrogen-bond acceptors (Lipinski definition) is 7. The van der Waals surface area contributed by atoms with Gasteiger partial charge in [0.25, 0.3) is 5.91 Å². The van der Waals surface area contributed by atoms with Crippen LogP contribution >= 0.6 is 15.9 Å². The van der Waals surface area contributed by atoms with Crippen LogP contribution in [0.5, 0.6) is 17.2 Å². The van der Waals surface area contributed by atoms with Crippen LogP contribution in [-0.2, 0) is 9.53 Å². The number of halogens is 1. The molecule has 0 saturated heterocycles. The number of fused-ring (bicyclic) bond motifs is 1. The number of phenols is 1. The molecule has 1 amide bonds. The Morgan fingerprint density at radius 3 is 2.56 bits per heavy atom. The Kier molecular flexibility index (Phi) is 5.31. The van der Waals surface area contributed by atoms with Gasteiger partial charge in [0.05, 0.1) is 5.69 Å². The third-order valence-corrected chi connectivity index (χ3v) is 4.17. The van der Waals surface area contributed by atoms with E-state index in [1.807, 2.05) is 0 Å². The summed E-state index contributed by atoms with van der Waals surface area (Å²) in [5.41, 5.74) is 0.381. The zero-order valence-corrected chi connectivity index (χ0v) is 15.7. The molecule has 0 fully saturated rings. The molecule has 2 aromatic rings. The molecule has 9 heteroatoms. The van der Waals surface area contributed by atoms with E-state index in [0.717, 1.165) is 0 Å². The maximum Gasteiger partial charge on any atom is 0.342 e. The van der Waals surface area contributed by atoms with Crippen LogP contribution in [0.25, 0.3) is 0 Å². The van der Waals surface area contributed by atoms with E-state index < -0.39 is 18.5 Å². The first-order valence-corrected chi connectivity index (χ1v) is 8.54. The number of ether oxygens (including phenoxy) is 3. The molecule has 1 aliphatic rings. The first-order valence-electron chi connectivity index (χ1n) is 7.75. The minimum absolute atomic E-state index is 0.0256. The van der Waals surface area contributed by atoms with E-state index in [0.29, 0.717) is 16.0 Å². The zero-order chi connectivity index (χ0) is 19.6. The monoisotopic (exact) mass is 435 g/mol. The number of esters is 1. The van der Waals surface area contributed by atoms with Crippen LogP contribution in [-0.4, -0.2) is 36.2 Å². The van der Waals surface area contributed by atoms with Gasteiger partial charge in [-0.3, -0.25) is 9.59 Å². The Hall–Kier alpha value is -3.07. The van der Waals surface area contributed by atoms with Crippen LogP contribution in [0.2, 0.25) is 0 Å². The predicted octanol–water partition coefficient (Wildman–Crippen LogP) is 2.88. The summed E-state index contributed by atoms with van der Waals surface area (Å²) >= 11 is 3.18. The highest BCUT2D eigenvalue weighted by molar-refractivity contribution is 9.10. The molecule has 1 heterocycles. The maximum atomic E-state index is 12.1. The van der Waals surface area contributed by atoms with Gasteiger partial charge >= 0.3 is 5.97 Å². The molecule has 0 radical (unpaired) electrons. The van der Waals surface area contributed by atoms with E-state index in [-0.39, 0.29) is 35.1 Å². The van der Waals surface area contributed by atoms with E-state index in [9.17, 15) is 19.5 Å². The van der Waals surface area contributed by atoms with Crippen LogP contribution in [0, 0.1) is 0 Å². The standard InChI is InChI=1S/C18H14BrNO7/c1-9(21)11-5-15-16(27-8-26-15)6-13(11)20-17(23)7-25-18(24)12-4-10(19)2-3-14(12)22/h2-6,22H,7-8H2,1H3,(H,20,23). The number of ketones is 1. The summed E-state index contributed by atoms with van der Waals surface area (Å²) in [6.07, 6.45) is 0. The van der Waals surface area contributed by atoms with Gasteiger partial charge in [0.1, 0.15) is 11.3 Å². The average Bonchev–Trinajstić information content (AvgIpc) is 3.08. The molecule has 27 heavy (non-hydrogen) atoms. The first kappa shape index (κ1) is 18.7. The van der Waals surface area contributed by atoms with Gasteiger partial charge in [-0.1, -0.05) is 15.9 Å². The molecule has 0 spiro atoms. The van der Waals surface area contributed by atoms with Gasteiger partial charge in [-0.15, -0.1) is 0 Å². The molecule has 140 valence electrons. The lowest BCUT2D eigenvalue weighted by molar-refractivity contribution is -0.119. The van der Waals surface area contributed by atoms with Crippen molar-refractivity contribution in [2.24, 2.45) is 0 Å². The number of rotatable bonds is 5. The minimum Gasteiger partial charge on any atom is -0.507 e. The van der Waals surface area contributed by atoms with E-state index in [1.54, 1.807) is 6.07 Å². The molecule has 0 atom stereocenters. The molecule has 0 aromatic heterocycles. The van der Waals surface area contributed by atoms with E-state index >= 15 is 0 Å². The molecule has 3 rings (SSSR count). The quantitative estimate of drug-likeness (QED) is 0.548. The Labute approximate surface area is 162 Å². The normalized spacial score (nSPS) is 11.8. The summed E-state index contributed by atoms with van der Waals surface area (Å²) < 4.78 is 15.9. The summed E-state index contributed by atoms with van der Waals surface area (Å²) in [5, 5.41) is 12.2. The second kappa shape index (κ2) is 7.67. The third-order valence-electron chi connectivity index (χ3n) is 3.68. The lowest BCUT2D eigenvalue weighted by Crippen LogP contribution is -2.22. The predicted molar refractivity (Wildman–Crippen MR) is 97.3 cm³/mol. The van der Waals surface area contributed by atoms with Crippen molar-refractivity contribution in [3.05, 3.63) is 45.9 Å². The van der Waals surface area contributed by atoms with E-state index in [2.05, 4.69) is 21.2 Å². The number of benzene rings is 2. The lowest BCUT2D eigenvalue weighted by atomic mass is 10.1. The highest BCUT2D eigenvalue weighted by Crippen LogP contribution is 2.37. The molecule has 1 aliphatic heterocycles. The minimum atomic E-state index is -0.860. The topological polar surface area (TPSA) is 111 Å². The number of amides is 1. The average molecular weight is 436 g/mol. The number of phenolic OH excluding ortho intramolecular Hbond substituents is 1. The second-order valence-electron chi connectivity index (χ2n) is 5.59. The molecule has 0 unspecified atom stereocenters. The Morgan fingerprint density at radius 1 is 1.15 bits per heavy atom. The fourth-order valence-corrected chi connectivity index (χ4v) is 2.76. The van der Waals surface area contributed by atoms with Crippen molar-refractivity contribution in [2.45, 2.75) is 6.92 Å². The van der Waals surface area contributed by atoms with Gasteiger partial charge in [-0.05, 0) is 31.2 Å². The smallest absolute Gasteiger partial charge is 0.342 e. The van der Waals surface area contributed by atoms with Gasteiger partial charge in [0, 0.05) is 16.1 Å². The number of nitrogens with one attached hydrogen (secondary N) is 1. The number of aromatic hydroxyl groups is 1. The van der Waals surface area contributed by atoms with Crippen molar-refractivity contribution in [2.75, 3.05) is 18.7 Å². The number of anilines is 1. The van der Waals surface area contributed by atoms with Crippen molar-refractivity contribution >= 4 is 39.3 Å². The molecule has 8 nitrogen and oxygen atoms in total. The molecule has 2 N–H and O–H groups in total. The van der Waals surface area contributed by atoms with Gasteiger partial charge in [-0.25, -0.2) is 4.79 Å². The molecule has 0 bridgehead atoms. The highest BCUT2D eigenvalue weighted by Gasteiger charge is 2.21. The highest BCUT2D eigenvalue weighted by atomic mass is 79.9. The molecule has 0 aliphatic carbocycles. The maximum absolute atomic E-state index is 12.1. The van der Waals surface area contributed by atoms with Gasteiger partial charge in [-0.2, -0.15) is 0 Å². The summed E-state index contributed by atoms with van der Waals surface area (Å²) in [5.74, 6) is -1.25. The second-order valence-corrected chi connectivity index (χ2v) is 6.51. The fraction of sp³-hybridized carbons (Fsp3) is 0.167. The van der Waals surface area contributed by atoms with Gasteiger partial charge in [0.2, 0.25) is 6.79 Å². The lowest BCUT2D eigenvalue weighted by Gasteiger charge is -2.11. The summed E-state index contributed by atoms with van der Waals surface area (Å²) in [4.78, 5) is 36.0. The molecule has 2 aromatic carbocycles. The van der Waals surface area contributed by atoms with Crippen molar-refractivity contribution < 1.29 is 33.7 Å². The van der Waals surface area contributed by atoms with Crippen LogP contribution in [0.3, 0.4) is 0 Å². The Morgan fingerprint density at radius 2 is 1.85 bits per heavy atom. The number of carbonyl (C=O) groups is 3. The van der Waals surface area contributed by atoms with Crippen LogP contribution in [0.15, 0.2) is 34.8 Å².